The number of ether oxygens (including phenoxy) is 1. The molecular formula is C9H22N3O2PS. The van der Waals surface area contributed by atoms with Crippen LogP contribution in [-0.2, 0) is 21.3 Å². The van der Waals surface area contributed by atoms with E-state index in [0.717, 1.165) is 13.1 Å². The van der Waals surface area contributed by atoms with Crippen molar-refractivity contribution >= 4 is 24.1 Å². The predicted octanol–water partition coefficient (Wildman–Crippen LogP) is 0.625. The van der Waals surface area contributed by atoms with Crippen LogP contribution in [0.15, 0.2) is 0 Å². The standard InChI is InChI=1S/C9H22N3O2PS/c1-4-11-15(16,12-5-2)8-10-7-9(13)14-6-3/h10H,4-8H2,1-3H3,(H2,11,12,16). The van der Waals surface area contributed by atoms with Gasteiger partial charge in [0.1, 0.15) is 0 Å². The van der Waals surface area contributed by atoms with E-state index in [0.29, 0.717) is 12.9 Å². The van der Waals surface area contributed by atoms with Gasteiger partial charge in [0.25, 0.3) is 0 Å². The van der Waals surface area contributed by atoms with Gasteiger partial charge in [-0.2, -0.15) is 0 Å². The first-order chi connectivity index (χ1) is 7.58. The molecule has 0 spiro atoms. The molecule has 0 bridgehead atoms. The highest BCUT2D eigenvalue weighted by Gasteiger charge is 2.13. The van der Waals surface area contributed by atoms with Crippen molar-refractivity contribution in [3.8, 4) is 0 Å². The van der Waals surface area contributed by atoms with Gasteiger partial charge in [0, 0.05) is 0 Å². The summed E-state index contributed by atoms with van der Waals surface area (Å²) in [6.07, 6.45) is -1.18. The Hall–Kier alpha value is -0.0000000000000000763. The smallest absolute Gasteiger partial charge is 0.319 e. The van der Waals surface area contributed by atoms with Crippen molar-refractivity contribution in [2.24, 2.45) is 0 Å². The summed E-state index contributed by atoms with van der Waals surface area (Å²) in [7, 11) is 0. The third kappa shape index (κ3) is 7.30. The molecule has 0 heterocycles. The first-order valence-electron chi connectivity index (χ1n) is 5.53. The summed E-state index contributed by atoms with van der Waals surface area (Å²) in [5.74, 6) is -0.239. The Morgan fingerprint density at radius 1 is 1.25 bits per heavy atom. The maximum absolute atomic E-state index is 11.1. The number of esters is 1. The minimum atomic E-state index is -1.78. The maximum atomic E-state index is 11.1. The molecule has 0 aromatic rings. The normalized spacial score (nSPS) is 11.4. The fourth-order valence-electron chi connectivity index (χ4n) is 1.21. The third-order valence-corrected chi connectivity index (χ3v) is 5.22. The van der Waals surface area contributed by atoms with Crippen molar-refractivity contribution in [1.29, 1.82) is 0 Å². The van der Waals surface area contributed by atoms with Crippen molar-refractivity contribution in [2.45, 2.75) is 20.8 Å². The fourth-order valence-corrected chi connectivity index (χ4v) is 4.04. The molecule has 0 aromatic carbocycles. The zero-order valence-corrected chi connectivity index (χ0v) is 11.9. The van der Waals surface area contributed by atoms with Crippen LogP contribution >= 0.6 is 6.34 Å². The minimum absolute atomic E-state index is 0.211. The lowest BCUT2D eigenvalue weighted by Gasteiger charge is -2.23. The van der Waals surface area contributed by atoms with Crippen LogP contribution in [0.4, 0.5) is 0 Å². The van der Waals surface area contributed by atoms with Gasteiger partial charge in [-0.05, 0) is 20.0 Å². The van der Waals surface area contributed by atoms with E-state index in [1.54, 1.807) is 6.92 Å². The number of carbonyl (C=O) groups is 1. The van der Waals surface area contributed by atoms with E-state index >= 15 is 0 Å². The molecule has 0 aliphatic heterocycles. The van der Waals surface area contributed by atoms with Crippen molar-refractivity contribution in [3.05, 3.63) is 0 Å². The largest absolute Gasteiger partial charge is 0.465 e. The topological polar surface area (TPSA) is 62.4 Å². The van der Waals surface area contributed by atoms with Crippen molar-refractivity contribution < 1.29 is 9.53 Å². The summed E-state index contributed by atoms with van der Waals surface area (Å²) < 4.78 is 4.81. The molecule has 0 rings (SSSR count). The van der Waals surface area contributed by atoms with Gasteiger partial charge in [0.2, 0.25) is 0 Å². The monoisotopic (exact) mass is 267 g/mol. The van der Waals surface area contributed by atoms with Crippen LogP contribution in [0.3, 0.4) is 0 Å². The van der Waals surface area contributed by atoms with E-state index in [1.165, 1.54) is 0 Å². The summed E-state index contributed by atoms with van der Waals surface area (Å²) in [4.78, 5) is 11.1. The van der Waals surface area contributed by atoms with E-state index in [4.69, 9.17) is 16.5 Å². The average molecular weight is 267 g/mol. The first kappa shape index (κ1) is 16.0. The van der Waals surface area contributed by atoms with Gasteiger partial charge in [-0.3, -0.25) is 20.3 Å². The zero-order valence-electron chi connectivity index (χ0n) is 10.2. The van der Waals surface area contributed by atoms with E-state index in [-0.39, 0.29) is 12.5 Å². The second-order valence-corrected chi connectivity index (χ2v) is 7.45. The van der Waals surface area contributed by atoms with Gasteiger partial charge in [0.15, 0.2) is 0 Å². The molecule has 0 radical (unpaired) electrons. The van der Waals surface area contributed by atoms with Crippen LogP contribution in [0.2, 0.25) is 0 Å². The number of rotatable bonds is 9. The van der Waals surface area contributed by atoms with E-state index in [1.807, 2.05) is 13.8 Å². The third-order valence-electron chi connectivity index (χ3n) is 1.74. The average Bonchev–Trinajstić information content (AvgIpc) is 2.18. The molecule has 0 unspecified atom stereocenters. The van der Waals surface area contributed by atoms with Crippen LogP contribution in [0.5, 0.6) is 0 Å². The molecule has 0 aliphatic carbocycles. The van der Waals surface area contributed by atoms with Crippen molar-refractivity contribution in [3.63, 3.8) is 0 Å². The van der Waals surface area contributed by atoms with Gasteiger partial charge in [-0.15, -0.1) is 0 Å². The second-order valence-electron chi connectivity index (χ2n) is 3.15. The molecule has 0 saturated heterocycles. The van der Waals surface area contributed by atoms with Gasteiger partial charge >= 0.3 is 5.97 Å². The van der Waals surface area contributed by atoms with E-state index in [2.05, 4.69) is 15.5 Å². The Bertz CT molecular complexity index is 241. The van der Waals surface area contributed by atoms with Gasteiger partial charge < -0.3 is 4.74 Å². The highest BCUT2D eigenvalue weighted by atomic mass is 32.4. The van der Waals surface area contributed by atoms with Crippen molar-refractivity contribution in [1.82, 2.24) is 15.5 Å². The lowest BCUT2D eigenvalue weighted by atomic mass is 10.6. The Morgan fingerprint density at radius 2 is 1.81 bits per heavy atom. The molecule has 96 valence electrons. The lowest BCUT2D eigenvalue weighted by Crippen LogP contribution is -2.33. The Kier molecular flexibility index (Phi) is 9.07. The van der Waals surface area contributed by atoms with Crippen LogP contribution in [-0.4, -0.2) is 38.5 Å². The minimum Gasteiger partial charge on any atom is -0.465 e. The molecule has 0 amide bonds. The Morgan fingerprint density at radius 3 is 2.25 bits per heavy atom. The van der Waals surface area contributed by atoms with E-state index < -0.39 is 6.34 Å². The molecule has 0 fully saturated rings. The predicted molar refractivity (Wildman–Crippen MR) is 71.1 cm³/mol. The van der Waals surface area contributed by atoms with Crippen LogP contribution in [0.1, 0.15) is 20.8 Å². The molecule has 0 saturated carbocycles. The Balaban J connectivity index is 3.93. The van der Waals surface area contributed by atoms with E-state index in [9.17, 15) is 4.79 Å². The number of hydrogen-bond donors (Lipinski definition) is 3. The molecule has 5 nitrogen and oxygen atoms in total. The SMILES string of the molecule is CCNP(=S)(CNCC(=O)OCC)NCC. The number of nitrogens with one attached hydrogen (secondary N) is 3. The van der Waals surface area contributed by atoms with Crippen molar-refractivity contribution in [2.75, 3.05) is 32.5 Å². The number of hydrogen-bond acceptors (Lipinski definition) is 4. The molecule has 0 aliphatic rings. The second kappa shape index (κ2) is 9.07. The number of carbonyl (C=O) groups excluding carboxylic acids is 1. The summed E-state index contributed by atoms with van der Waals surface area (Å²) in [6.45, 7) is 8.10. The van der Waals surface area contributed by atoms with Crippen LogP contribution in [0, 0.1) is 0 Å². The highest BCUT2D eigenvalue weighted by Crippen LogP contribution is 2.33. The summed E-state index contributed by atoms with van der Waals surface area (Å²) >= 11 is 5.49. The van der Waals surface area contributed by atoms with Gasteiger partial charge in [-0.1, -0.05) is 25.7 Å². The summed E-state index contributed by atoms with van der Waals surface area (Å²) in [6, 6.07) is 0. The fraction of sp³-hybridized carbons (Fsp3) is 0.889. The molecular weight excluding hydrogens is 245 g/mol. The Labute approximate surface area is 103 Å². The molecule has 16 heavy (non-hydrogen) atoms. The lowest BCUT2D eigenvalue weighted by molar-refractivity contribution is -0.141. The molecule has 0 aromatic heterocycles. The molecule has 3 N–H and O–H groups in total. The summed E-state index contributed by atoms with van der Waals surface area (Å²) in [5, 5.41) is 9.56. The maximum Gasteiger partial charge on any atom is 0.319 e. The quantitative estimate of drug-likeness (QED) is 0.421. The summed E-state index contributed by atoms with van der Waals surface area (Å²) in [5.41, 5.74) is 0. The van der Waals surface area contributed by atoms with Gasteiger partial charge in [-0.25, -0.2) is 0 Å². The zero-order chi connectivity index (χ0) is 12.4. The highest BCUT2D eigenvalue weighted by molar-refractivity contribution is 8.12. The molecule has 0 atom stereocenters. The first-order valence-corrected chi connectivity index (χ1v) is 8.52. The molecule has 7 heteroatoms. The van der Waals surface area contributed by atoms with Crippen LogP contribution in [0.25, 0.3) is 0 Å². The van der Waals surface area contributed by atoms with Crippen LogP contribution < -0.4 is 15.5 Å². The van der Waals surface area contributed by atoms with Gasteiger partial charge in [0.05, 0.1) is 25.8 Å².